The number of piperidine rings is 1. The Labute approximate surface area is 138 Å². The van der Waals surface area contributed by atoms with Gasteiger partial charge in [0.25, 0.3) is 5.91 Å². The molecule has 1 atom stereocenters. The molecule has 2 aromatic heterocycles. The van der Waals surface area contributed by atoms with Gasteiger partial charge in [0, 0.05) is 32.5 Å². The van der Waals surface area contributed by atoms with E-state index in [-0.39, 0.29) is 28.4 Å². The van der Waals surface area contributed by atoms with Gasteiger partial charge >= 0.3 is 0 Å². The Balaban J connectivity index is 1.63. The Kier molecular flexibility index (Phi) is 4.27. The van der Waals surface area contributed by atoms with Crippen LogP contribution in [-0.2, 0) is 7.05 Å². The maximum Gasteiger partial charge on any atom is 0.273 e. The normalized spacial score (nSPS) is 17.4. The van der Waals surface area contributed by atoms with E-state index in [1.54, 1.807) is 11.1 Å². The minimum atomic E-state index is -0.626. The molecule has 0 saturated carbocycles. The van der Waals surface area contributed by atoms with Crippen molar-refractivity contribution in [1.82, 2.24) is 24.6 Å². The Hall–Kier alpha value is -2.06. The average Bonchev–Trinajstić information content (AvgIpc) is 3.13. The van der Waals surface area contributed by atoms with E-state index in [4.69, 9.17) is 17.3 Å². The number of anilines is 1. The van der Waals surface area contributed by atoms with Crippen LogP contribution >= 0.6 is 11.6 Å². The van der Waals surface area contributed by atoms with Gasteiger partial charge in [0.1, 0.15) is 22.6 Å². The van der Waals surface area contributed by atoms with Gasteiger partial charge in [0.2, 0.25) is 0 Å². The van der Waals surface area contributed by atoms with Crippen molar-refractivity contribution in [3.05, 3.63) is 28.9 Å². The van der Waals surface area contributed by atoms with Crippen LogP contribution in [0.1, 0.15) is 35.3 Å². The van der Waals surface area contributed by atoms with Gasteiger partial charge in [-0.1, -0.05) is 11.6 Å². The van der Waals surface area contributed by atoms with E-state index >= 15 is 0 Å². The zero-order valence-corrected chi connectivity index (χ0v) is 13.5. The third kappa shape index (κ3) is 2.91. The lowest BCUT2D eigenvalue weighted by Gasteiger charge is -2.33. The number of aromatic amines is 1. The number of nitrogen functional groups attached to an aromatic ring is 1. The van der Waals surface area contributed by atoms with E-state index in [0.29, 0.717) is 31.8 Å². The van der Waals surface area contributed by atoms with Crippen LogP contribution in [-0.4, -0.2) is 48.8 Å². The number of aromatic nitrogens is 4. The van der Waals surface area contributed by atoms with Crippen LogP contribution in [0.3, 0.4) is 0 Å². The van der Waals surface area contributed by atoms with Crippen molar-refractivity contribution in [2.24, 2.45) is 13.0 Å². The molecule has 0 bridgehead atoms. The number of nitrogens with one attached hydrogen (secondary N) is 1. The highest BCUT2D eigenvalue weighted by atomic mass is 35.5. The zero-order valence-electron chi connectivity index (χ0n) is 12.7. The van der Waals surface area contributed by atoms with Crippen molar-refractivity contribution in [1.29, 1.82) is 0 Å². The molecule has 1 saturated heterocycles. The second kappa shape index (κ2) is 6.21. The first-order chi connectivity index (χ1) is 11.0. The fourth-order valence-corrected chi connectivity index (χ4v) is 3.10. The van der Waals surface area contributed by atoms with Gasteiger partial charge in [0.15, 0.2) is 5.82 Å². The summed E-state index contributed by atoms with van der Waals surface area (Å²) in [4.78, 5) is 18.3. The molecule has 124 valence electrons. The topological polar surface area (TPSA) is 113 Å². The number of likely N-dealkylation sites (tertiary alicyclic amines) is 1. The second-order valence-electron chi connectivity index (χ2n) is 5.77. The summed E-state index contributed by atoms with van der Waals surface area (Å²) in [6.07, 6.45) is 4.24. The highest BCUT2D eigenvalue weighted by Gasteiger charge is 2.31. The number of aliphatic hydroxyl groups is 1. The maximum absolute atomic E-state index is 12.4. The van der Waals surface area contributed by atoms with Crippen molar-refractivity contribution in [3.63, 3.8) is 0 Å². The van der Waals surface area contributed by atoms with Crippen LogP contribution in [0.5, 0.6) is 0 Å². The summed E-state index contributed by atoms with van der Waals surface area (Å²) in [5.74, 6) is 0.626. The highest BCUT2D eigenvalue weighted by molar-refractivity contribution is 6.35. The minimum absolute atomic E-state index is 0.0717. The van der Waals surface area contributed by atoms with Gasteiger partial charge in [-0.2, -0.15) is 5.10 Å². The molecule has 0 unspecified atom stereocenters. The molecule has 1 fully saturated rings. The largest absolute Gasteiger partial charge is 0.385 e. The number of H-pyrrole nitrogens is 1. The molecule has 0 aliphatic carbocycles. The number of carbonyl (C=O) groups is 1. The number of nitrogens with two attached hydrogens (primary N) is 1. The molecule has 0 spiro atoms. The molecule has 0 radical (unpaired) electrons. The predicted octanol–water partition coefficient (Wildman–Crippen LogP) is 0.965. The fraction of sp³-hybridized carbons (Fsp3) is 0.500. The SMILES string of the molecule is Cn1ccnc1[C@@H](O)C1CCN(C(=O)c2[nH]nc(N)c2Cl)CC1. The van der Waals surface area contributed by atoms with Crippen LogP contribution in [0.15, 0.2) is 12.4 Å². The lowest BCUT2D eigenvalue weighted by molar-refractivity contribution is 0.0417. The Morgan fingerprint density at radius 3 is 2.74 bits per heavy atom. The third-order valence-electron chi connectivity index (χ3n) is 4.34. The number of imidazole rings is 1. The van der Waals surface area contributed by atoms with Gasteiger partial charge in [-0.15, -0.1) is 0 Å². The summed E-state index contributed by atoms with van der Waals surface area (Å²) in [5.41, 5.74) is 5.77. The molecule has 8 nitrogen and oxygen atoms in total. The number of amides is 1. The van der Waals surface area contributed by atoms with E-state index in [2.05, 4.69) is 15.2 Å². The monoisotopic (exact) mass is 338 g/mol. The lowest BCUT2D eigenvalue weighted by atomic mass is 9.90. The van der Waals surface area contributed by atoms with Gasteiger partial charge in [-0.3, -0.25) is 9.89 Å². The number of carbonyl (C=O) groups excluding carboxylic acids is 1. The first kappa shape index (κ1) is 15.8. The van der Waals surface area contributed by atoms with Crippen LogP contribution in [0.25, 0.3) is 0 Å². The predicted molar refractivity (Wildman–Crippen MR) is 84.8 cm³/mol. The average molecular weight is 339 g/mol. The van der Waals surface area contributed by atoms with Crippen molar-refractivity contribution < 1.29 is 9.90 Å². The Morgan fingerprint density at radius 2 is 2.22 bits per heavy atom. The summed E-state index contributed by atoms with van der Waals surface area (Å²) >= 11 is 5.97. The first-order valence-corrected chi connectivity index (χ1v) is 7.80. The van der Waals surface area contributed by atoms with Gasteiger partial charge < -0.3 is 20.3 Å². The minimum Gasteiger partial charge on any atom is -0.385 e. The van der Waals surface area contributed by atoms with Crippen LogP contribution in [0.4, 0.5) is 5.82 Å². The first-order valence-electron chi connectivity index (χ1n) is 7.43. The highest BCUT2D eigenvalue weighted by Crippen LogP contribution is 2.31. The maximum atomic E-state index is 12.4. The molecule has 2 aromatic rings. The molecule has 0 aromatic carbocycles. The zero-order chi connectivity index (χ0) is 16.6. The van der Waals surface area contributed by atoms with E-state index in [1.807, 2.05) is 17.8 Å². The van der Waals surface area contributed by atoms with Crippen LogP contribution in [0, 0.1) is 5.92 Å². The van der Waals surface area contributed by atoms with Gasteiger partial charge in [0.05, 0.1) is 0 Å². The van der Waals surface area contributed by atoms with E-state index in [9.17, 15) is 9.90 Å². The van der Waals surface area contributed by atoms with E-state index in [1.165, 1.54) is 0 Å². The Bertz CT molecular complexity index is 704. The summed E-state index contributed by atoms with van der Waals surface area (Å²) in [5, 5.41) is 16.9. The molecular weight excluding hydrogens is 320 g/mol. The second-order valence-corrected chi connectivity index (χ2v) is 6.15. The number of nitrogens with zero attached hydrogens (tertiary/aromatic N) is 4. The number of hydrogen-bond acceptors (Lipinski definition) is 5. The number of halogens is 1. The summed E-state index contributed by atoms with van der Waals surface area (Å²) < 4.78 is 1.81. The van der Waals surface area contributed by atoms with Gasteiger partial charge in [-0.25, -0.2) is 4.98 Å². The van der Waals surface area contributed by atoms with Crippen molar-refractivity contribution in [2.75, 3.05) is 18.8 Å². The molecular formula is C14H19ClN6O2. The smallest absolute Gasteiger partial charge is 0.273 e. The Morgan fingerprint density at radius 1 is 1.52 bits per heavy atom. The standard InChI is InChI=1S/C14H19ClN6O2/c1-20-7-4-17-13(20)11(22)8-2-5-21(6-3-8)14(23)10-9(15)12(16)19-18-10/h4,7-8,11,22H,2-3,5-6H2,1H3,(H3,16,18,19)/t11-/m0/s1. The molecule has 1 aliphatic heterocycles. The molecule has 9 heteroatoms. The number of hydrogen-bond donors (Lipinski definition) is 3. The van der Waals surface area contributed by atoms with E-state index < -0.39 is 6.10 Å². The summed E-state index contributed by atoms with van der Waals surface area (Å²) in [7, 11) is 1.86. The molecule has 1 aliphatic rings. The van der Waals surface area contributed by atoms with E-state index in [0.717, 1.165) is 0 Å². The number of aryl methyl sites for hydroxylation is 1. The lowest BCUT2D eigenvalue weighted by Crippen LogP contribution is -2.40. The molecule has 3 rings (SSSR count). The summed E-state index contributed by atoms with van der Waals surface area (Å²) in [6, 6.07) is 0. The van der Waals surface area contributed by atoms with Crippen molar-refractivity contribution >= 4 is 23.3 Å². The molecule has 1 amide bonds. The number of rotatable bonds is 3. The van der Waals surface area contributed by atoms with Crippen molar-refractivity contribution in [3.8, 4) is 0 Å². The summed E-state index contributed by atoms with van der Waals surface area (Å²) in [6.45, 7) is 1.08. The fourth-order valence-electron chi connectivity index (χ4n) is 2.93. The van der Waals surface area contributed by atoms with Crippen LogP contribution < -0.4 is 5.73 Å². The van der Waals surface area contributed by atoms with Gasteiger partial charge in [-0.05, 0) is 18.8 Å². The third-order valence-corrected chi connectivity index (χ3v) is 4.73. The molecule has 23 heavy (non-hydrogen) atoms. The van der Waals surface area contributed by atoms with Crippen molar-refractivity contribution in [2.45, 2.75) is 18.9 Å². The number of aliphatic hydroxyl groups excluding tert-OH is 1. The quantitative estimate of drug-likeness (QED) is 0.771. The molecule has 4 N–H and O–H groups in total. The molecule has 3 heterocycles. The van der Waals surface area contributed by atoms with Crippen LogP contribution in [0.2, 0.25) is 5.02 Å².